The van der Waals surface area contributed by atoms with Crippen LogP contribution in [-0.4, -0.2) is 33.6 Å². The van der Waals surface area contributed by atoms with Crippen LogP contribution in [0.2, 0.25) is 0 Å². The molecule has 0 saturated carbocycles. The summed E-state index contributed by atoms with van der Waals surface area (Å²) in [5.41, 5.74) is 1.92. The predicted molar refractivity (Wildman–Crippen MR) is 120 cm³/mol. The highest BCUT2D eigenvalue weighted by atomic mass is 32.2. The zero-order chi connectivity index (χ0) is 22.4. The van der Waals surface area contributed by atoms with Gasteiger partial charge in [0.05, 0.1) is 16.3 Å². The van der Waals surface area contributed by atoms with Gasteiger partial charge in [0.25, 0.3) is 0 Å². The Labute approximate surface area is 188 Å². The summed E-state index contributed by atoms with van der Waals surface area (Å²) < 4.78 is 37.1. The Kier molecular flexibility index (Phi) is 6.87. The molecule has 1 atom stereocenters. The average Bonchev–Trinajstić information content (AvgIpc) is 2.83. The van der Waals surface area contributed by atoms with E-state index in [4.69, 9.17) is 9.47 Å². The molecule has 4 rings (SSSR count). The third-order valence-electron chi connectivity index (χ3n) is 5.32. The fraction of sp³-hybridized carbons (Fsp3) is 0.240. The number of esters is 1. The van der Waals surface area contributed by atoms with Gasteiger partial charge in [0.2, 0.25) is 9.84 Å². The van der Waals surface area contributed by atoms with E-state index in [1.807, 2.05) is 36.4 Å². The molecule has 0 aliphatic carbocycles. The number of rotatable bonds is 8. The number of carbonyl (C=O) groups is 1. The smallest absolute Gasteiger partial charge is 0.320 e. The minimum absolute atomic E-state index is 0.0853. The molecule has 1 aliphatic rings. The van der Waals surface area contributed by atoms with Crippen molar-refractivity contribution in [1.82, 2.24) is 5.32 Å². The maximum Gasteiger partial charge on any atom is 0.320 e. The van der Waals surface area contributed by atoms with E-state index in [2.05, 4.69) is 5.32 Å². The standard InChI is InChI=1S/C25H25NO5S/c27-25(30-18-19-7-3-1-4-8-19)17-26-16-21-13-11-20-12-14-23(15-24(20)31-21)32(28,29)22-9-5-2-6-10-22/h1-10,12,14-15,21,26H,11,13,16-18H2/t21-/m1/s1. The molecule has 32 heavy (non-hydrogen) atoms. The first-order valence-corrected chi connectivity index (χ1v) is 12.0. The highest BCUT2D eigenvalue weighted by Gasteiger charge is 2.24. The number of nitrogens with one attached hydrogen (secondary N) is 1. The van der Waals surface area contributed by atoms with Crippen molar-refractivity contribution in [3.63, 3.8) is 0 Å². The van der Waals surface area contributed by atoms with Crippen LogP contribution >= 0.6 is 0 Å². The third-order valence-corrected chi connectivity index (χ3v) is 7.08. The molecule has 1 heterocycles. The van der Waals surface area contributed by atoms with Crippen molar-refractivity contribution in [3.05, 3.63) is 90.0 Å². The predicted octanol–water partition coefficient (Wildman–Crippen LogP) is 3.55. The van der Waals surface area contributed by atoms with Crippen LogP contribution in [-0.2, 0) is 32.4 Å². The van der Waals surface area contributed by atoms with Crippen molar-refractivity contribution < 1.29 is 22.7 Å². The van der Waals surface area contributed by atoms with Gasteiger partial charge in [0, 0.05) is 6.54 Å². The quantitative estimate of drug-likeness (QED) is 0.528. The lowest BCUT2D eigenvalue weighted by atomic mass is 10.0. The molecule has 1 aliphatic heterocycles. The highest BCUT2D eigenvalue weighted by molar-refractivity contribution is 7.91. The van der Waals surface area contributed by atoms with Gasteiger partial charge in [-0.05, 0) is 48.2 Å². The van der Waals surface area contributed by atoms with E-state index in [-0.39, 0.29) is 35.0 Å². The van der Waals surface area contributed by atoms with E-state index in [0.29, 0.717) is 12.3 Å². The maximum absolute atomic E-state index is 12.9. The number of hydrogen-bond acceptors (Lipinski definition) is 6. The first-order chi connectivity index (χ1) is 15.5. The molecule has 0 spiro atoms. The van der Waals surface area contributed by atoms with E-state index in [0.717, 1.165) is 24.0 Å². The molecule has 7 heteroatoms. The lowest BCUT2D eigenvalue weighted by Crippen LogP contribution is -2.37. The second-order valence-electron chi connectivity index (χ2n) is 7.64. The molecule has 0 radical (unpaired) electrons. The zero-order valence-electron chi connectivity index (χ0n) is 17.6. The van der Waals surface area contributed by atoms with Crippen molar-refractivity contribution in [3.8, 4) is 5.75 Å². The molecule has 3 aromatic rings. The Morgan fingerprint density at radius 3 is 2.44 bits per heavy atom. The SMILES string of the molecule is O=C(CNC[C@H]1CCc2ccc(S(=O)(=O)c3ccccc3)cc2O1)OCc1ccccc1. The average molecular weight is 452 g/mol. The minimum atomic E-state index is -3.60. The van der Waals surface area contributed by atoms with Crippen LogP contribution in [0.3, 0.4) is 0 Å². The normalized spacial score (nSPS) is 15.4. The van der Waals surface area contributed by atoms with Gasteiger partial charge >= 0.3 is 5.97 Å². The van der Waals surface area contributed by atoms with E-state index in [1.54, 1.807) is 42.5 Å². The maximum atomic E-state index is 12.9. The summed E-state index contributed by atoms with van der Waals surface area (Å²) >= 11 is 0. The van der Waals surface area contributed by atoms with Crippen molar-refractivity contribution in [1.29, 1.82) is 0 Å². The second kappa shape index (κ2) is 9.97. The number of sulfone groups is 1. The molecule has 166 valence electrons. The van der Waals surface area contributed by atoms with Crippen molar-refractivity contribution in [2.45, 2.75) is 35.3 Å². The van der Waals surface area contributed by atoms with Crippen LogP contribution in [0.5, 0.6) is 5.75 Å². The number of hydrogen-bond donors (Lipinski definition) is 1. The van der Waals surface area contributed by atoms with E-state index in [9.17, 15) is 13.2 Å². The van der Waals surface area contributed by atoms with Gasteiger partial charge in [-0.15, -0.1) is 0 Å². The monoisotopic (exact) mass is 451 g/mol. The lowest BCUT2D eigenvalue weighted by molar-refractivity contribution is -0.143. The number of ether oxygens (including phenoxy) is 2. The summed E-state index contributed by atoms with van der Waals surface area (Å²) in [4.78, 5) is 12.4. The largest absolute Gasteiger partial charge is 0.489 e. The van der Waals surface area contributed by atoms with Gasteiger partial charge in [-0.25, -0.2) is 8.42 Å². The van der Waals surface area contributed by atoms with Gasteiger partial charge in [0.1, 0.15) is 18.5 Å². The molecule has 6 nitrogen and oxygen atoms in total. The number of fused-ring (bicyclic) bond motifs is 1. The molecular weight excluding hydrogens is 426 g/mol. The zero-order valence-corrected chi connectivity index (χ0v) is 18.4. The van der Waals surface area contributed by atoms with Crippen LogP contribution in [0.4, 0.5) is 0 Å². The van der Waals surface area contributed by atoms with Gasteiger partial charge in [0.15, 0.2) is 0 Å². The van der Waals surface area contributed by atoms with Crippen LogP contribution in [0.25, 0.3) is 0 Å². The van der Waals surface area contributed by atoms with Crippen LogP contribution in [0.1, 0.15) is 17.5 Å². The Bertz CT molecular complexity index is 1160. The Morgan fingerprint density at radius 1 is 0.969 bits per heavy atom. The van der Waals surface area contributed by atoms with E-state index >= 15 is 0 Å². The molecule has 0 fully saturated rings. The number of aryl methyl sites for hydroxylation is 1. The molecule has 0 unspecified atom stereocenters. The topological polar surface area (TPSA) is 81.7 Å². The summed E-state index contributed by atoms with van der Waals surface area (Å²) in [6, 6.07) is 22.9. The molecule has 0 aromatic heterocycles. The van der Waals surface area contributed by atoms with Gasteiger partial charge < -0.3 is 14.8 Å². The molecule has 3 aromatic carbocycles. The minimum Gasteiger partial charge on any atom is -0.489 e. The lowest BCUT2D eigenvalue weighted by Gasteiger charge is -2.26. The Balaban J connectivity index is 1.31. The molecule has 0 bridgehead atoms. The summed E-state index contributed by atoms with van der Waals surface area (Å²) in [6.45, 7) is 0.796. The first kappa shape index (κ1) is 22.0. The van der Waals surface area contributed by atoms with Gasteiger partial charge in [-0.3, -0.25) is 4.79 Å². The Hall–Kier alpha value is -3.16. The summed E-state index contributed by atoms with van der Waals surface area (Å²) in [5, 5.41) is 3.07. The fourth-order valence-corrected chi connectivity index (χ4v) is 4.87. The van der Waals surface area contributed by atoms with Crippen LogP contribution < -0.4 is 10.1 Å². The van der Waals surface area contributed by atoms with Crippen molar-refractivity contribution >= 4 is 15.8 Å². The summed E-state index contributed by atoms with van der Waals surface area (Å²) in [7, 11) is -3.60. The van der Waals surface area contributed by atoms with E-state index < -0.39 is 9.84 Å². The van der Waals surface area contributed by atoms with Crippen molar-refractivity contribution in [2.24, 2.45) is 0 Å². The van der Waals surface area contributed by atoms with Gasteiger partial charge in [-0.1, -0.05) is 54.6 Å². The summed E-state index contributed by atoms with van der Waals surface area (Å²) in [5.74, 6) is 0.244. The van der Waals surface area contributed by atoms with Crippen LogP contribution in [0, 0.1) is 0 Å². The third kappa shape index (κ3) is 5.36. The summed E-state index contributed by atoms with van der Waals surface area (Å²) in [6.07, 6.45) is 1.41. The number of benzene rings is 3. The fourth-order valence-electron chi connectivity index (χ4n) is 3.58. The first-order valence-electron chi connectivity index (χ1n) is 10.5. The molecule has 1 N–H and O–H groups in total. The highest BCUT2D eigenvalue weighted by Crippen LogP contribution is 2.32. The molecule has 0 amide bonds. The van der Waals surface area contributed by atoms with Crippen LogP contribution in [0.15, 0.2) is 88.7 Å². The van der Waals surface area contributed by atoms with Gasteiger partial charge in [-0.2, -0.15) is 0 Å². The Morgan fingerprint density at radius 2 is 1.69 bits per heavy atom. The molecule has 0 saturated heterocycles. The van der Waals surface area contributed by atoms with Crippen molar-refractivity contribution in [2.75, 3.05) is 13.1 Å². The van der Waals surface area contributed by atoms with E-state index in [1.165, 1.54) is 0 Å². The second-order valence-corrected chi connectivity index (χ2v) is 9.59. The molecular formula is C25H25NO5S. The number of carbonyl (C=O) groups excluding carboxylic acids is 1.